The van der Waals surface area contributed by atoms with Crippen molar-refractivity contribution in [3.8, 4) is 22.9 Å². The topological polar surface area (TPSA) is 104 Å². The van der Waals surface area contributed by atoms with E-state index in [0.717, 1.165) is 0 Å². The Bertz CT molecular complexity index is 657. The molecule has 1 aromatic carbocycles. The Morgan fingerprint density at radius 2 is 2.29 bits per heavy atom. The molecule has 0 spiro atoms. The van der Waals surface area contributed by atoms with Gasteiger partial charge in [-0.1, -0.05) is 5.16 Å². The third kappa shape index (κ3) is 2.24. The van der Waals surface area contributed by atoms with Gasteiger partial charge in [-0.25, -0.2) is 0 Å². The summed E-state index contributed by atoms with van der Waals surface area (Å²) in [5.74, 6) is 1.28. The van der Waals surface area contributed by atoms with Crippen LogP contribution in [-0.4, -0.2) is 41.6 Å². The zero-order chi connectivity index (χ0) is 15.0. The van der Waals surface area contributed by atoms with E-state index in [2.05, 4.69) is 10.1 Å². The van der Waals surface area contributed by atoms with Crippen molar-refractivity contribution in [2.75, 3.05) is 20.3 Å². The number of hydrogen-bond donors (Lipinski definition) is 2. The SMILES string of the molecule is COc1cc(-c2noc(C3(C)COCC3N)n2)ccc1O. The van der Waals surface area contributed by atoms with Crippen molar-refractivity contribution < 1.29 is 19.1 Å². The monoisotopic (exact) mass is 291 g/mol. The summed E-state index contributed by atoms with van der Waals surface area (Å²) in [6.45, 7) is 2.87. The molecule has 7 heteroatoms. The average Bonchev–Trinajstić information content (AvgIpc) is 3.09. The second-order valence-electron chi connectivity index (χ2n) is 5.35. The number of hydrogen-bond acceptors (Lipinski definition) is 7. The standard InChI is InChI=1S/C14H17N3O4/c1-14(7-20-6-11(14)15)13-16-12(17-21-13)8-3-4-9(18)10(5-8)19-2/h3-5,11,18H,6-7,15H2,1-2H3. The van der Waals surface area contributed by atoms with Crippen LogP contribution >= 0.6 is 0 Å². The van der Waals surface area contributed by atoms with E-state index in [-0.39, 0.29) is 11.8 Å². The van der Waals surface area contributed by atoms with Crippen molar-refractivity contribution >= 4 is 0 Å². The minimum Gasteiger partial charge on any atom is -0.504 e. The summed E-state index contributed by atoms with van der Waals surface area (Å²) >= 11 is 0. The van der Waals surface area contributed by atoms with Gasteiger partial charge in [0.15, 0.2) is 11.5 Å². The number of nitrogens with zero attached hydrogens (tertiary/aromatic N) is 2. The van der Waals surface area contributed by atoms with Gasteiger partial charge in [0.25, 0.3) is 0 Å². The number of methoxy groups -OCH3 is 1. The highest BCUT2D eigenvalue weighted by molar-refractivity contribution is 5.60. The molecule has 0 bridgehead atoms. The van der Waals surface area contributed by atoms with Gasteiger partial charge in [0, 0.05) is 11.6 Å². The van der Waals surface area contributed by atoms with Crippen LogP contribution in [0.2, 0.25) is 0 Å². The van der Waals surface area contributed by atoms with Crippen LogP contribution in [0.5, 0.6) is 11.5 Å². The number of phenolic OH excluding ortho intramolecular Hbond substituents is 1. The summed E-state index contributed by atoms with van der Waals surface area (Å²) in [4.78, 5) is 4.41. The molecule has 2 unspecified atom stereocenters. The first kappa shape index (κ1) is 13.8. The predicted octanol–water partition coefficient (Wildman–Crippen LogP) is 1.07. The number of aromatic hydroxyl groups is 1. The number of nitrogens with two attached hydrogens (primary N) is 1. The van der Waals surface area contributed by atoms with E-state index in [1.165, 1.54) is 13.2 Å². The highest BCUT2D eigenvalue weighted by Crippen LogP contribution is 2.34. The molecule has 21 heavy (non-hydrogen) atoms. The second-order valence-corrected chi connectivity index (χ2v) is 5.35. The van der Waals surface area contributed by atoms with Crippen LogP contribution in [0.4, 0.5) is 0 Å². The molecule has 2 atom stereocenters. The van der Waals surface area contributed by atoms with Gasteiger partial charge in [-0.15, -0.1) is 0 Å². The Labute approximate surface area is 121 Å². The fourth-order valence-electron chi connectivity index (χ4n) is 2.30. The fraction of sp³-hybridized carbons (Fsp3) is 0.429. The van der Waals surface area contributed by atoms with Gasteiger partial charge in [0.2, 0.25) is 11.7 Å². The van der Waals surface area contributed by atoms with Crippen LogP contribution in [0.25, 0.3) is 11.4 Å². The molecule has 0 aliphatic carbocycles. The van der Waals surface area contributed by atoms with Crippen molar-refractivity contribution in [1.29, 1.82) is 0 Å². The van der Waals surface area contributed by atoms with E-state index in [1.807, 2.05) is 6.92 Å². The Morgan fingerprint density at radius 1 is 1.48 bits per heavy atom. The quantitative estimate of drug-likeness (QED) is 0.871. The minimum absolute atomic E-state index is 0.0585. The molecule has 0 amide bonds. The molecule has 2 aromatic rings. The lowest BCUT2D eigenvalue weighted by Gasteiger charge is -2.21. The summed E-state index contributed by atoms with van der Waals surface area (Å²) in [7, 11) is 1.48. The Hall–Kier alpha value is -2.12. The van der Waals surface area contributed by atoms with Crippen LogP contribution in [0, 0.1) is 0 Å². The molecular formula is C14H17N3O4. The van der Waals surface area contributed by atoms with Gasteiger partial charge in [-0.05, 0) is 25.1 Å². The van der Waals surface area contributed by atoms with E-state index in [0.29, 0.717) is 36.2 Å². The molecular weight excluding hydrogens is 274 g/mol. The van der Waals surface area contributed by atoms with Crippen molar-refractivity contribution in [2.45, 2.75) is 18.4 Å². The summed E-state index contributed by atoms with van der Waals surface area (Å²) in [5.41, 5.74) is 6.26. The van der Waals surface area contributed by atoms with Gasteiger partial charge in [-0.2, -0.15) is 4.98 Å². The molecule has 2 heterocycles. The Morgan fingerprint density at radius 3 is 2.95 bits per heavy atom. The maximum atomic E-state index is 9.61. The van der Waals surface area contributed by atoms with Crippen LogP contribution < -0.4 is 10.5 Å². The summed E-state index contributed by atoms with van der Waals surface area (Å²) < 4.78 is 15.8. The zero-order valence-corrected chi connectivity index (χ0v) is 11.9. The molecule has 0 saturated carbocycles. The highest BCUT2D eigenvalue weighted by atomic mass is 16.5. The normalized spacial score (nSPS) is 25.2. The van der Waals surface area contributed by atoms with Crippen LogP contribution in [0.1, 0.15) is 12.8 Å². The number of benzene rings is 1. The first-order valence-corrected chi connectivity index (χ1v) is 6.59. The van der Waals surface area contributed by atoms with E-state index in [9.17, 15) is 5.11 Å². The molecule has 3 rings (SSSR count). The van der Waals surface area contributed by atoms with E-state index < -0.39 is 5.41 Å². The van der Waals surface area contributed by atoms with Gasteiger partial charge >= 0.3 is 0 Å². The van der Waals surface area contributed by atoms with Gasteiger partial charge in [0.05, 0.1) is 25.7 Å². The molecule has 112 valence electrons. The lowest BCUT2D eigenvalue weighted by atomic mass is 9.86. The molecule has 1 aromatic heterocycles. The summed E-state index contributed by atoms with van der Waals surface area (Å²) in [6.07, 6.45) is 0. The summed E-state index contributed by atoms with van der Waals surface area (Å²) in [5, 5.41) is 13.6. The smallest absolute Gasteiger partial charge is 0.236 e. The fourth-order valence-corrected chi connectivity index (χ4v) is 2.30. The molecule has 0 radical (unpaired) electrons. The zero-order valence-electron chi connectivity index (χ0n) is 11.9. The molecule has 7 nitrogen and oxygen atoms in total. The number of aromatic nitrogens is 2. The second kappa shape index (κ2) is 5.01. The first-order chi connectivity index (χ1) is 10.0. The predicted molar refractivity (Wildman–Crippen MR) is 74.1 cm³/mol. The highest BCUT2D eigenvalue weighted by Gasteiger charge is 2.44. The molecule has 1 aliphatic rings. The van der Waals surface area contributed by atoms with Crippen LogP contribution in [0.15, 0.2) is 22.7 Å². The third-order valence-corrected chi connectivity index (χ3v) is 3.87. The van der Waals surface area contributed by atoms with Gasteiger partial charge in [0.1, 0.15) is 0 Å². The van der Waals surface area contributed by atoms with Crippen LogP contribution in [-0.2, 0) is 10.2 Å². The van der Waals surface area contributed by atoms with Crippen molar-refractivity contribution in [3.05, 3.63) is 24.1 Å². The Balaban J connectivity index is 1.95. The molecule has 1 fully saturated rings. The number of rotatable bonds is 3. The minimum atomic E-state index is -0.480. The van der Waals surface area contributed by atoms with Gasteiger partial charge in [-0.3, -0.25) is 0 Å². The number of phenols is 1. The van der Waals surface area contributed by atoms with Crippen molar-refractivity contribution in [1.82, 2.24) is 10.1 Å². The molecule has 1 aliphatic heterocycles. The lowest BCUT2D eigenvalue weighted by molar-refractivity contribution is 0.169. The van der Waals surface area contributed by atoms with E-state index >= 15 is 0 Å². The van der Waals surface area contributed by atoms with E-state index in [4.69, 9.17) is 19.7 Å². The van der Waals surface area contributed by atoms with Crippen LogP contribution in [0.3, 0.4) is 0 Å². The molecule has 3 N–H and O–H groups in total. The van der Waals surface area contributed by atoms with E-state index in [1.54, 1.807) is 12.1 Å². The summed E-state index contributed by atoms with van der Waals surface area (Å²) in [6, 6.07) is 4.69. The largest absolute Gasteiger partial charge is 0.504 e. The maximum absolute atomic E-state index is 9.61. The maximum Gasteiger partial charge on any atom is 0.236 e. The lowest BCUT2D eigenvalue weighted by Crippen LogP contribution is -2.42. The molecule has 1 saturated heterocycles. The number of ether oxygens (including phenoxy) is 2. The Kier molecular flexibility index (Phi) is 3.30. The third-order valence-electron chi connectivity index (χ3n) is 3.87. The average molecular weight is 291 g/mol. The van der Waals surface area contributed by atoms with Gasteiger partial charge < -0.3 is 24.8 Å². The van der Waals surface area contributed by atoms with Crippen molar-refractivity contribution in [2.24, 2.45) is 5.73 Å². The first-order valence-electron chi connectivity index (χ1n) is 6.59. The van der Waals surface area contributed by atoms with Crippen molar-refractivity contribution in [3.63, 3.8) is 0 Å².